The summed E-state index contributed by atoms with van der Waals surface area (Å²) in [7, 11) is 0. The zero-order chi connectivity index (χ0) is 20.9. The van der Waals surface area contributed by atoms with E-state index in [-0.39, 0.29) is 11.9 Å². The van der Waals surface area contributed by atoms with Gasteiger partial charge in [-0.15, -0.1) is 0 Å². The van der Waals surface area contributed by atoms with Crippen LogP contribution in [0.4, 0.5) is 11.4 Å². The summed E-state index contributed by atoms with van der Waals surface area (Å²) >= 11 is 0. The van der Waals surface area contributed by atoms with E-state index in [0.717, 1.165) is 53.4 Å². The number of anilines is 2. The van der Waals surface area contributed by atoms with Gasteiger partial charge in [0.05, 0.1) is 42.7 Å². The van der Waals surface area contributed by atoms with Crippen LogP contribution in [-0.4, -0.2) is 25.7 Å². The van der Waals surface area contributed by atoms with Gasteiger partial charge in [0.15, 0.2) is 0 Å². The van der Waals surface area contributed by atoms with E-state index < -0.39 is 0 Å². The molecular weight excluding hydrogens is 378 g/mol. The Morgan fingerprint density at radius 2 is 1.83 bits per heavy atom. The van der Waals surface area contributed by atoms with E-state index in [2.05, 4.69) is 29.8 Å². The molecule has 6 heteroatoms. The van der Waals surface area contributed by atoms with Crippen molar-refractivity contribution in [3.8, 4) is 11.5 Å². The molecule has 3 N–H and O–H groups in total. The minimum atomic E-state index is -0.324. The first-order valence-electron chi connectivity index (χ1n) is 10.7. The van der Waals surface area contributed by atoms with Crippen LogP contribution in [0, 0.1) is 0 Å². The summed E-state index contributed by atoms with van der Waals surface area (Å²) in [5.41, 5.74) is 4.43. The van der Waals surface area contributed by atoms with E-state index in [1.807, 2.05) is 42.5 Å². The van der Waals surface area contributed by atoms with Crippen molar-refractivity contribution in [2.45, 2.75) is 39.2 Å². The van der Waals surface area contributed by atoms with E-state index in [4.69, 9.17) is 9.47 Å². The highest BCUT2D eigenvalue weighted by Crippen LogP contribution is 2.41. The summed E-state index contributed by atoms with van der Waals surface area (Å²) in [6, 6.07) is 13.6. The molecule has 0 radical (unpaired) electrons. The van der Waals surface area contributed by atoms with Gasteiger partial charge in [-0.3, -0.25) is 4.79 Å². The quantitative estimate of drug-likeness (QED) is 0.557. The Bertz CT molecular complexity index is 954. The third kappa shape index (κ3) is 4.08. The minimum absolute atomic E-state index is 0.0625. The Morgan fingerprint density at radius 1 is 1.00 bits per heavy atom. The van der Waals surface area contributed by atoms with Crippen molar-refractivity contribution in [1.82, 2.24) is 5.32 Å². The summed E-state index contributed by atoms with van der Waals surface area (Å²) in [6.45, 7) is 6.00. The smallest absolute Gasteiger partial charge is 0.251 e. The second-order valence-electron chi connectivity index (χ2n) is 7.57. The molecule has 1 atom stereocenters. The molecule has 0 bridgehead atoms. The number of fused-ring (bicyclic) bond motifs is 1. The van der Waals surface area contributed by atoms with E-state index >= 15 is 0 Å². The molecule has 2 aromatic carbocycles. The van der Waals surface area contributed by atoms with Crippen LogP contribution < -0.4 is 25.4 Å². The van der Waals surface area contributed by atoms with Crippen LogP contribution in [0.2, 0.25) is 0 Å². The molecule has 2 aromatic rings. The fourth-order valence-corrected chi connectivity index (χ4v) is 3.77. The van der Waals surface area contributed by atoms with Crippen molar-refractivity contribution < 1.29 is 14.3 Å². The first-order chi connectivity index (χ1) is 14.7. The number of nitrogens with one attached hydrogen (secondary N) is 3. The monoisotopic (exact) mass is 407 g/mol. The van der Waals surface area contributed by atoms with Gasteiger partial charge in [-0.2, -0.15) is 0 Å². The lowest BCUT2D eigenvalue weighted by atomic mass is 9.96. The Hall–Kier alpha value is -3.15. The van der Waals surface area contributed by atoms with Gasteiger partial charge in [0.2, 0.25) is 0 Å². The van der Waals surface area contributed by atoms with Crippen LogP contribution >= 0.6 is 0 Å². The predicted molar refractivity (Wildman–Crippen MR) is 119 cm³/mol. The maximum absolute atomic E-state index is 12.7. The first-order valence-corrected chi connectivity index (χ1v) is 10.7. The highest BCUT2D eigenvalue weighted by Gasteiger charge is 2.35. The number of para-hydroxylation sites is 2. The highest BCUT2D eigenvalue weighted by molar-refractivity contribution is 6.01. The molecule has 0 saturated carbocycles. The molecule has 1 unspecified atom stereocenters. The Morgan fingerprint density at radius 3 is 2.63 bits per heavy atom. The molecule has 6 nitrogen and oxygen atoms in total. The molecule has 4 rings (SSSR count). The van der Waals surface area contributed by atoms with Crippen molar-refractivity contribution in [3.05, 3.63) is 59.3 Å². The van der Waals surface area contributed by atoms with Gasteiger partial charge in [0.25, 0.3) is 5.91 Å². The van der Waals surface area contributed by atoms with Crippen LogP contribution in [0.1, 0.15) is 44.7 Å². The molecule has 2 heterocycles. The number of hydrogen-bond acceptors (Lipinski definition) is 5. The Balaban J connectivity index is 1.74. The molecular formula is C24H29N3O3. The lowest BCUT2D eigenvalue weighted by Crippen LogP contribution is -2.24. The number of amides is 1. The van der Waals surface area contributed by atoms with E-state index in [0.29, 0.717) is 25.3 Å². The minimum Gasteiger partial charge on any atom is -0.493 e. The molecule has 0 spiro atoms. The number of carbonyl (C=O) groups excluding carboxylic acids is 1. The predicted octanol–water partition coefficient (Wildman–Crippen LogP) is 4.62. The van der Waals surface area contributed by atoms with Crippen molar-refractivity contribution in [2.24, 2.45) is 0 Å². The third-order valence-electron chi connectivity index (χ3n) is 5.32. The van der Waals surface area contributed by atoms with Crippen LogP contribution in [0.5, 0.6) is 11.5 Å². The lowest BCUT2D eigenvalue weighted by molar-refractivity contribution is -0.116. The second-order valence-corrected chi connectivity index (χ2v) is 7.57. The summed E-state index contributed by atoms with van der Waals surface area (Å²) in [5.74, 6) is 1.47. The van der Waals surface area contributed by atoms with Crippen LogP contribution in [0.25, 0.3) is 0 Å². The van der Waals surface area contributed by atoms with Gasteiger partial charge in [-0.1, -0.05) is 32.4 Å². The number of unbranched alkanes of at least 4 members (excludes halogenated alkanes) is 1. The standard InChI is InChI=1S/C24H29N3O3/c1-3-5-13-29-16-10-11-17(21(14-16)30-12-4-2)23-22-20(15-25-24(22)28)26-18-8-6-7-9-19(18)27-23/h6-11,14,23,26-27H,3-5,12-13,15H2,1-2H3,(H,25,28). The number of benzene rings is 2. The van der Waals surface area contributed by atoms with Crippen molar-refractivity contribution in [2.75, 3.05) is 30.4 Å². The molecule has 0 aliphatic carbocycles. The zero-order valence-corrected chi connectivity index (χ0v) is 17.6. The molecule has 0 aromatic heterocycles. The van der Waals surface area contributed by atoms with Crippen molar-refractivity contribution in [3.63, 3.8) is 0 Å². The van der Waals surface area contributed by atoms with Crippen molar-refractivity contribution in [1.29, 1.82) is 0 Å². The number of carbonyl (C=O) groups is 1. The van der Waals surface area contributed by atoms with Gasteiger partial charge in [0.1, 0.15) is 11.5 Å². The SMILES string of the molecule is CCCCOc1ccc(C2Nc3ccccc3NC3=C2C(=O)NC3)c(OCCC)c1. The fourth-order valence-electron chi connectivity index (χ4n) is 3.77. The molecule has 2 aliphatic heterocycles. The third-order valence-corrected chi connectivity index (χ3v) is 5.32. The van der Waals surface area contributed by atoms with Crippen molar-refractivity contribution >= 4 is 17.3 Å². The average molecular weight is 408 g/mol. The summed E-state index contributed by atoms with van der Waals surface area (Å²) in [4.78, 5) is 12.7. The lowest BCUT2D eigenvalue weighted by Gasteiger charge is -2.23. The number of hydrogen-bond donors (Lipinski definition) is 3. The summed E-state index contributed by atoms with van der Waals surface area (Å²) in [6.07, 6.45) is 2.99. The largest absolute Gasteiger partial charge is 0.493 e. The van der Waals surface area contributed by atoms with Gasteiger partial charge in [0, 0.05) is 17.3 Å². The molecule has 158 valence electrons. The first kappa shape index (κ1) is 20.1. The normalized spacial score (nSPS) is 17.3. The van der Waals surface area contributed by atoms with Gasteiger partial charge in [-0.25, -0.2) is 0 Å². The maximum atomic E-state index is 12.7. The van der Waals surface area contributed by atoms with Gasteiger partial charge < -0.3 is 25.4 Å². The summed E-state index contributed by atoms with van der Waals surface area (Å²) < 4.78 is 12.0. The molecule has 1 amide bonds. The molecule has 2 aliphatic rings. The second kappa shape index (κ2) is 9.11. The van der Waals surface area contributed by atoms with Gasteiger partial charge >= 0.3 is 0 Å². The average Bonchev–Trinajstić information content (AvgIpc) is 3.02. The Labute approximate surface area is 177 Å². The molecule has 0 saturated heterocycles. The van der Waals surface area contributed by atoms with Crippen LogP contribution in [-0.2, 0) is 4.79 Å². The van der Waals surface area contributed by atoms with E-state index in [1.165, 1.54) is 0 Å². The summed E-state index contributed by atoms with van der Waals surface area (Å²) in [5, 5.41) is 9.94. The van der Waals surface area contributed by atoms with E-state index in [9.17, 15) is 4.79 Å². The van der Waals surface area contributed by atoms with E-state index in [1.54, 1.807) is 0 Å². The van der Waals surface area contributed by atoms with Crippen LogP contribution in [0.3, 0.4) is 0 Å². The molecule has 0 fully saturated rings. The number of rotatable bonds is 8. The molecule has 30 heavy (non-hydrogen) atoms. The fraction of sp³-hybridized carbons (Fsp3) is 0.375. The Kier molecular flexibility index (Phi) is 6.12. The maximum Gasteiger partial charge on any atom is 0.251 e. The van der Waals surface area contributed by atoms with Crippen LogP contribution in [0.15, 0.2) is 53.7 Å². The topological polar surface area (TPSA) is 71.6 Å². The highest BCUT2D eigenvalue weighted by atomic mass is 16.5. The zero-order valence-electron chi connectivity index (χ0n) is 17.6. The number of ether oxygens (including phenoxy) is 2. The van der Waals surface area contributed by atoms with Gasteiger partial charge in [-0.05, 0) is 37.1 Å².